The Balaban J connectivity index is 1.75. The molecule has 0 aliphatic carbocycles. The van der Waals surface area contributed by atoms with E-state index in [9.17, 15) is 14.9 Å². The number of nitrogens with zero attached hydrogens (tertiary/aromatic N) is 4. The van der Waals surface area contributed by atoms with Crippen molar-refractivity contribution in [2.24, 2.45) is 0 Å². The zero-order chi connectivity index (χ0) is 19.7. The van der Waals surface area contributed by atoms with Gasteiger partial charge in [0.25, 0.3) is 5.69 Å². The molecule has 0 aliphatic heterocycles. The Labute approximate surface area is 161 Å². The Bertz CT molecular complexity index is 1200. The molecule has 11 heteroatoms. The molecule has 10 nitrogen and oxygen atoms in total. The molecule has 3 N–H and O–H groups in total. The van der Waals surface area contributed by atoms with Gasteiger partial charge in [0.2, 0.25) is 5.16 Å². The summed E-state index contributed by atoms with van der Waals surface area (Å²) in [6.07, 6.45) is 1.70. The lowest BCUT2D eigenvalue weighted by Crippen LogP contribution is -1.97. The van der Waals surface area contributed by atoms with Crippen LogP contribution in [0, 0.1) is 10.1 Å². The first-order chi connectivity index (χ1) is 13.5. The molecule has 0 fully saturated rings. The molecule has 0 aliphatic rings. The van der Waals surface area contributed by atoms with E-state index in [2.05, 4.69) is 25.4 Å². The van der Waals surface area contributed by atoms with E-state index in [0.29, 0.717) is 17.0 Å². The Morgan fingerprint density at radius 1 is 1.14 bits per heavy atom. The van der Waals surface area contributed by atoms with E-state index in [1.807, 2.05) is 18.2 Å². The minimum Gasteiger partial charge on any atom is -0.481 e. The average Bonchev–Trinajstić information content (AvgIpc) is 3.34. The number of H-pyrrole nitrogens is 2. The van der Waals surface area contributed by atoms with Gasteiger partial charge in [-0.25, -0.2) is 4.98 Å². The van der Waals surface area contributed by atoms with Crippen molar-refractivity contribution in [3.8, 4) is 22.5 Å². The van der Waals surface area contributed by atoms with Crippen LogP contribution in [0.4, 0.5) is 5.69 Å². The molecule has 2 heterocycles. The van der Waals surface area contributed by atoms with Gasteiger partial charge in [-0.3, -0.25) is 25.1 Å². The fourth-order valence-electron chi connectivity index (χ4n) is 2.70. The molecule has 140 valence electrons. The van der Waals surface area contributed by atoms with E-state index in [0.717, 1.165) is 28.2 Å². The molecule has 2 aromatic heterocycles. The number of aliphatic carboxylic acids is 1. The first-order valence-corrected chi connectivity index (χ1v) is 8.98. The largest absolute Gasteiger partial charge is 0.481 e. The van der Waals surface area contributed by atoms with Crippen LogP contribution in [0.2, 0.25) is 0 Å². The molecule has 0 bridgehead atoms. The maximum absolute atomic E-state index is 11.4. The number of carboxylic acid groups (broad SMARTS) is 1. The number of hydrogen-bond acceptors (Lipinski definition) is 7. The van der Waals surface area contributed by atoms with E-state index < -0.39 is 10.9 Å². The average molecular weight is 396 g/mol. The van der Waals surface area contributed by atoms with E-state index in [4.69, 9.17) is 5.11 Å². The van der Waals surface area contributed by atoms with Crippen molar-refractivity contribution in [2.75, 3.05) is 5.75 Å². The molecule has 0 spiro atoms. The van der Waals surface area contributed by atoms with Crippen LogP contribution in [0.5, 0.6) is 0 Å². The number of aromatic nitrogens is 5. The Morgan fingerprint density at radius 3 is 2.75 bits per heavy atom. The van der Waals surface area contributed by atoms with Crippen LogP contribution in [0.15, 0.2) is 47.8 Å². The van der Waals surface area contributed by atoms with Crippen molar-refractivity contribution in [1.82, 2.24) is 25.4 Å². The second-order valence-electron chi connectivity index (χ2n) is 5.85. The number of rotatable bonds is 6. The number of fused-ring (bicyclic) bond motifs is 1. The smallest absolute Gasteiger partial charge is 0.313 e. The SMILES string of the molecule is O=C(O)CSc1n[nH]c(-c2cc(-c3ccc4cn[nH]c4c3)cc([N+](=O)[O-])c2)n1. The van der Waals surface area contributed by atoms with Crippen molar-refractivity contribution in [3.63, 3.8) is 0 Å². The first-order valence-electron chi connectivity index (χ1n) is 8.00. The molecule has 28 heavy (non-hydrogen) atoms. The summed E-state index contributed by atoms with van der Waals surface area (Å²) in [5.41, 5.74) is 2.62. The van der Waals surface area contributed by atoms with Crippen molar-refractivity contribution in [1.29, 1.82) is 0 Å². The molecular weight excluding hydrogens is 384 g/mol. The maximum Gasteiger partial charge on any atom is 0.313 e. The summed E-state index contributed by atoms with van der Waals surface area (Å²) in [7, 11) is 0. The normalized spacial score (nSPS) is 11.0. The first kappa shape index (κ1) is 17.7. The highest BCUT2D eigenvalue weighted by molar-refractivity contribution is 7.99. The van der Waals surface area contributed by atoms with Crippen LogP contribution in [0.3, 0.4) is 0 Å². The highest BCUT2D eigenvalue weighted by Gasteiger charge is 2.15. The van der Waals surface area contributed by atoms with Crippen LogP contribution in [-0.4, -0.2) is 47.1 Å². The van der Waals surface area contributed by atoms with E-state index in [-0.39, 0.29) is 16.6 Å². The minimum absolute atomic E-state index is 0.0895. The second-order valence-corrected chi connectivity index (χ2v) is 6.79. The zero-order valence-corrected chi connectivity index (χ0v) is 14.9. The van der Waals surface area contributed by atoms with Gasteiger partial charge in [-0.05, 0) is 23.3 Å². The fraction of sp³-hybridized carbons (Fsp3) is 0.0588. The van der Waals surface area contributed by atoms with Crippen LogP contribution in [-0.2, 0) is 4.79 Å². The number of aromatic amines is 2. The molecule has 4 rings (SSSR count). The molecular formula is C17H12N6O4S. The van der Waals surface area contributed by atoms with E-state index in [1.54, 1.807) is 12.3 Å². The Hall–Kier alpha value is -3.73. The number of carboxylic acids is 1. The second kappa shape index (κ2) is 7.12. The molecule has 2 aromatic carbocycles. The molecule has 0 saturated carbocycles. The molecule has 0 unspecified atom stereocenters. The van der Waals surface area contributed by atoms with Gasteiger partial charge in [-0.15, -0.1) is 5.10 Å². The van der Waals surface area contributed by atoms with Crippen molar-refractivity contribution in [2.45, 2.75) is 5.16 Å². The summed E-state index contributed by atoms with van der Waals surface area (Å²) in [6, 6.07) is 10.2. The van der Waals surface area contributed by atoms with Crippen molar-refractivity contribution >= 4 is 34.3 Å². The maximum atomic E-state index is 11.4. The van der Waals surface area contributed by atoms with Gasteiger partial charge in [0, 0.05) is 23.1 Å². The fourth-order valence-corrected chi connectivity index (χ4v) is 3.22. The Morgan fingerprint density at radius 2 is 1.96 bits per heavy atom. The summed E-state index contributed by atoms with van der Waals surface area (Å²) in [5.74, 6) is -0.842. The van der Waals surface area contributed by atoms with Gasteiger partial charge in [0.1, 0.15) is 0 Å². The van der Waals surface area contributed by atoms with Crippen LogP contribution < -0.4 is 0 Å². The predicted molar refractivity (Wildman–Crippen MR) is 102 cm³/mol. The standard InChI is InChI=1S/C17H12N6O4S/c24-15(25)8-28-17-19-16(21-22-17)12-3-11(4-13(5-12)23(26)27)9-1-2-10-7-18-20-14(10)6-9/h1-7H,8H2,(H,18,20)(H,24,25)(H,19,21,22). The zero-order valence-electron chi connectivity index (χ0n) is 14.1. The monoisotopic (exact) mass is 396 g/mol. The van der Waals surface area contributed by atoms with Gasteiger partial charge < -0.3 is 5.11 Å². The van der Waals surface area contributed by atoms with Gasteiger partial charge >= 0.3 is 5.97 Å². The number of non-ortho nitro benzene ring substituents is 1. The van der Waals surface area contributed by atoms with Crippen molar-refractivity contribution in [3.05, 3.63) is 52.7 Å². The van der Waals surface area contributed by atoms with Crippen LogP contribution >= 0.6 is 11.8 Å². The van der Waals surface area contributed by atoms with Crippen molar-refractivity contribution < 1.29 is 14.8 Å². The number of carbonyl (C=O) groups is 1. The van der Waals surface area contributed by atoms with Gasteiger partial charge in [-0.2, -0.15) is 5.10 Å². The Kier molecular flexibility index (Phi) is 4.49. The molecule has 0 atom stereocenters. The predicted octanol–water partition coefficient (Wildman–Crippen LogP) is 3.10. The third kappa shape index (κ3) is 3.55. The highest BCUT2D eigenvalue weighted by Crippen LogP contribution is 2.31. The number of hydrogen-bond donors (Lipinski definition) is 3. The van der Waals surface area contributed by atoms with Crippen LogP contribution in [0.1, 0.15) is 0 Å². The summed E-state index contributed by atoms with van der Waals surface area (Å²) < 4.78 is 0. The molecule has 0 saturated heterocycles. The third-order valence-corrected chi connectivity index (χ3v) is 4.80. The summed E-state index contributed by atoms with van der Waals surface area (Å²) in [6.45, 7) is 0. The van der Waals surface area contributed by atoms with Crippen LogP contribution in [0.25, 0.3) is 33.4 Å². The summed E-state index contributed by atoms with van der Waals surface area (Å²) in [4.78, 5) is 25.8. The third-order valence-electron chi connectivity index (χ3n) is 3.97. The number of thioether (sulfide) groups is 1. The number of nitrogens with one attached hydrogen (secondary N) is 2. The van der Waals surface area contributed by atoms with E-state index >= 15 is 0 Å². The molecule has 0 radical (unpaired) electrons. The van der Waals surface area contributed by atoms with Gasteiger partial charge in [-0.1, -0.05) is 23.9 Å². The number of nitro benzene ring substituents is 1. The number of benzene rings is 2. The molecule has 4 aromatic rings. The number of nitro groups is 1. The minimum atomic E-state index is -0.983. The lowest BCUT2D eigenvalue weighted by atomic mass is 10.0. The lowest BCUT2D eigenvalue weighted by Gasteiger charge is -2.05. The topological polar surface area (TPSA) is 151 Å². The summed E-state index contributed by atoms with van der Waals surface area (Å²) >= 11 is 0.960. The lowest BCUT2D eigenvalue weighted by molar-refractivity contribution is -0.384. The summed E-state index contributed by atoms with van der Waals surface area (Å²) in [5, 5.41) is 34.8. The van der Waals surface area contributed by atoms with Gasteiger partial charge in [0.15, 0.2) is 5.82 Å². The molecule has 0 amide bonds. The quantitative estimate of drug-likeness (QED) is 0.255. The highest BCUT2D eigenvalue weighted by atomic mass is 32.2. The van der Waals surface area contributed by atoms with E-state index in [1.165, 1.54) is 12.1 Å². The van der Waals surface area contributed by atoms with Gasteiger partial charge in [0.05, 0.1) is 22.4 Å².